The molecule has 1 unspecified atom stereocenters. The molecule has 0 aliphatic carbocycles. The molecule has 1 aromatic heterocycles. The lowest BCUT2D eigenvalue weighted by molar-refractivity contribution is -0.127. The van der Waals surface area contributed by atoms with Crippen molar-refractivity contribution in [3.63, 3.8) is 0 Å². The molecular weight excluding hydrogens is 430 g/mol. The molecule has 1 atom stereocenters. The number of fused-ring (bicyclic) bond motifs is 1. The Balaban J connectivity index is 1.43. The third-order valence-electron chi connectivity index (χ3n) is 6.13. The molecule has 1 aliphatic rings. The predicted octanol–water partition coefficient (Wildman–Crippen LogP) is 3.31. The molecule has 2 N–H and O–H groups in total. The summed E-state index contributed by atoms with van der Waals surface area (Å²) in [5.74, 6) is -0.661. The Morgan fingerprint density at radius 3 is 2.68 bits per heavy atom. The number of aromatic nitrogens is 2. The molecular formula is C26H31N5O3. The normalized spacial score (nSPS) is 14.2. The Morgan fingerprint density at radius 1 is 1.09 bits per heavy atom. The van der Waals surface area contributed by atoms with Gasteiger partial charge in [0.25, 0.3) is 5.56 Å². The monoisotopic (exact) mass is 461 g/mol. The highest BCUT2D eigenvalue weighted by molar-refractivity contribution is 5.97. The van der Waals surface area contributed by atoms with Gasteiger partial charge < -0.3 is 15.5 Å². The summed E-state index contributed by atoms with van der Waals surface area (Å²) in [6, 6.07) is 14.1. The minimum Gasteiger partial charge on any atom is -0.371 e. The zero-order valence-corrected chi connectivity index (χ0v) is 19.5. The molecule has 0 saturated carbocycles. The number of benzene rings is 2. The Morgan fingerprint density at radius 2 is 1.88 bits per heavy atom. The number of carbonyl (C=O) groups is 2. The van der Waals surface area contributed by atoms with Crippen LogP contribution < -0.4 is 21.1 Å². The zero-order chi connectivity index (χ0) is 23.9. The van der Waals surface area contributed by atoms with Crippen molar-refractivity contribution >= 4 is 34.1 Å². The van der Waals surface area contributed by atoms with Crippen LogP contribution in [0, 0.1) is 0 Å². The SMILES string of the molecule is CCCCC(NC(=O)Cn1cnc2ccccc2c1=O)C(=O)Nc1cccc(N2CCCC2)c1. The minimum absolute atomic E-state index is 0.197. The smallest absolute Gasteiger partial charge is 0.261 e. The van der Waals surface area contributed by atoms with Crippen LogP contribution in [0.25, 0.3) is 10.9 Å². The molecule has 2 amide bonds. The summed E-state index contributed by atoms with van der Waals surface area (Å²) in [4.78, 5) is 45.1. The van der Waals surface area contributed by atoms with Gasteiger partial charge in [-0.15, -0.1) is 0 Å². The van der Waals surface area contributed by atoms with E-state index in [9.17, 15) is 14.4 Å². The van der Waals surface area contributed by atoms with Gasteiger partial charge in [-0.3, -0.25) is 19.0 Å². The summed E-state index contributed by atoms with van der Waals surface area (Å²) >= 11 is 0. The highest BCUT2D eigenvalue weighted by Gasteiger charge is 2.21. The number of nitrogens with zero attached hydrogens (tertiary/aromatic N) is 3. The van der Waals surface area contributed by atoms with Crippen LogP contribution in [-0.2, 0) is 16.1 Å². The van der Waals surface area contributed by atoms with Gasteiger partial charge in [0, 0.05) is 24.5 Å². The van der Waals surface area contributed by atoms with Crippen LogP contribution >= 0.6 is 0 Å². The van der Waals surface area contributed by atoms with Crippen LogP contribution in [-0.4, -0.2) is 40.5 Å². The summed E-state index contributed by atoms with van der Waals surface area (Å²) < 4.78 is 1.27. The summed E-state index contributed by atoms with van der Waals surface area (Å²) in [7, 11) is 0. The average Bonchev–Trinajstić information content (AvgIpc) is 3.39. The number of unbranched alkanes of at least 4 members (excludes halogenated alkanes) is 1. The number of nitrogens with one attached hydrogen (secondary N) is 2. The number of para-hydroxylation sites is 1. The Labute approximate surface area is 199 Å². The van der Waals surface area contributed by atoms with Crippen molar-refractivity contribution in [2.24, 2.45) is 0 Å². The molecule has 178 valence electrons. The summed E-state index contributed by atoms with van der Waals surface area (Å²) in [6.07, 6.45) is 5.94. The number of hydrogen-bond acceptors (Lipinski definition) is 5. The Kier molecular flexibility index (Phi) is 7.57. The molecule has 0 radical (unpaired) electrons. The maximum Gasteiger partial charge on any atom is 0.261 e. The molecule has 8 heteroatoms. The fraction of sp³-hybridized carbons (Fsp3) is 0.385. The number of anilines is 2. The second kappa shape index (κ2) is 11.0. The van der Waals surface area contributed by atoms with Gasteiger partial charge in [0.1, 0.15) is 12.6 Å². The highest BCUT2D eigenvalue weighted by atomic mass is 16.2. The maximum atomic E-state index is 13.1. The lowest BCUT2D eigenvalue weighted by Crippen LogP contribution is -2.45. The average molecular weight is 462 g/mol. The molecule has 8 nitrogen and oxygen atoms in total. The molecule has 2 aromatic carbocycles. The zero-order valence-electron chi connectivity index (χ0n) is 19.5. The Bertz CT molecular complexity index is 1220. The van der Waals surface area contributed by atoms with Crippen LogP contribution in [0.2, 0.25) is 0 Å². The van der Waals surface area contributed by atoms with Crippen molar-refractivity contribution in [2.75, 3.05) is 23.3 Å². The fourth-order valence-corrected chi connectivity index (χ4v) is 4.28. The van der Waals surface area contributed by atoms with E-state index >= 15 is 0 Å². The van der Waals surface area contributed by atoms with Gasteiger partial charge in [0.15, 0.2) is 0 Å². The number of hydrogen-bond donors (Lipinski definition) is 2. The predicted molar refractivity (Wildman–Crippen MR) is 134 cm³/mol. The van der Waals surface area contributed by atoms with E-state index in [1.807, 2.05) is 37.3 Å². The topological polar surface area (TPSA) is 96.3 Å². The lowest BCUT2D eigenvalue weighted by atomic mass is 10.1. The van der Waals surface area contributed by atoms with Crippen molar-refractivity contribution in [3.05, 3.63) is 65.2 Å². The minimum atomic E-state index is -0.688. The molecule has 1 fully saturated rings. The first kappa shape index (κ1) is 23.5. The molecule has 1 saturated heterocycles. The van der Waals surface area contributed by atoms with Gasteiger partial charge >= 0.3 is 0 Å². The van der Waals surface area contributed by atoms with Gasteiger partial charge in [0.2, 0.25) is 11.8 Å². The van der Waals surface area contributed by atoms with E-state index in [0.717, 1.165) is 31.6 Å². The van der Waals surface area contributed by atoms with Gasteiger partial charge in [-0.2, -0.15) is 0 Å². The first-order valence-electron chi connectivity index (χ1n) is 11.9. The molecule has 1 aliphatic heterocycles. The summed E-state index contributed by atoms with van der Waals surface area (Å²) in [5, 5.41) is 6.23. The quantitative estimate of drug-likeness (QED) is 0.510. The van der Waals surface area contributed by atoms with Crippen LogP contribution in [0.4, 0.5) is 11.4 Å². The van der Waals surface area contributed by atoms with Crippen LogP contribution in [0.1, 0.15) is 39.0 Å². The van der Waals surface area contributed by atoms with Crippen LogP contribution in [0.3, 0.4) is 0 Å². The largest absolute Gasteiger partial charge is 0.371 e. The van der Waals surface area contributed by atoms with Crippen molar-refractivity contribution in [2.45, 2.75) is 51.6 Å². The number of carbonyl (C=O) groups excluding carboxylic acids is 2. The van der Waals surface area contributed by atoms with Crippen LogP contribution in [0.15, 0.2) is 59.7 Å². The molecule has 2 heterocycles. The number of rotatable bonds is 9. The first-order chi connectivity index (χ1) is 16.5. The van der Waals surface area contributed by atoms with Crippen molar-refractivity contribution in [3.8, 4) is 0 Å². The van der Waals surface area contributed by atoms with Gasteiger partial charge in [-0.1, -0.05) is 38.0 Å². The van der Waals surface area contributed by atoms with E-state index in [-0.39, 0.29) is 18.0 Å². The standard InChI is InChI=1S/C26H31N5O3/c1-2-3-12-23(25(33)28-19-9-8-10-20(16-19)30-14-6-7-15-30)29-24(32)17-31-18-27-22-13-5-4-11-21(22)26(31)34/h4-5,8-11,13,16,18,23H,2-3,6-7,12,14-15,17H2,1H3,(H,28,33)(H,29,32). The van der Waals surface area contributed by atoms with E-state index in [1.54, 1.807) is 18.2 Å². The molecule has 4 rings (SSSR count). The van der Waals surface area contributed by atoms with E-state index in [2.05, 4.69) is 20.5 Å². The highest BCUT2D eigenvalue weighted by Crippen LogP contribution is 2.23. The van der Waals surface area contributed by atoms with Crippen LogP contribution in [0.5, 0.6) is 0 Å². The van der Waals surface area contributed by atoms with E-state index in [4.69, 9.17) is 0 Å². The van der Waals surface area contributed by atoms with Gasteiger partial charge in [0.05, 0.1) is 17.2 Å². The van der Waals surface area contributed by atoms with Gasteiger partial charge in [-0.25, -0.2) is 4.98 Å². The van der Waals surface area contributed by atoms with Crippen molar-refractivity contribution in [1.29, 1.82) is 0 Å². The number of amides is 2. The van der Waals surface area contributed by atoms with E-state index in [1.165, 1.54) is 23.7 Å². The summed E-state index contributed by atoms with van der Waals surface area (Å²) in [6.45, 7) is 3.89. The first-order valence-corrected chi connectivity index (χ1v) is 11.9. The van der Waals surface area contributed by atoms with Crippen molar-refractivity contribution in [1.82, 2.24) is 14.9 Å². The maximum absolute atomic E-state index is 13.1. The molecule has 0 bridgehead atoms. The van der Waals surface area contributed by atoms with E-state index < -0.39 is 11.9 Å². The molecule has 3 aromatic rings. The van der Waals surface area contributed by atoms with Crippen molar-refractivity contribution < 1.29 is 9.59 Å². The fourth-order valence-electron chi connectivity index (χ4n) is 4.28. The summed E-state index contributed by atoms with van der Waals surface area (Å²) in [5.41, 5.74) is 2.10. The third-order valence-corrected chi connectivity index (χ3v) is 6.13. The second-order valence-corrected chi connectivity index (χ2v) is 8.69. The van der Waals surface area contributed by atoms with E-state index in [0.29, 0.717) is 23.0 Å². The lowest BCUT2D eigenvalue weighted by Gasteiger charge is -2.21. The second-order valence-electron chi connectivity index (χ2n) is 8.69. The third kappa shape index (κ3) is 5.62. The molecule has 0 spiro atoms. The van der Waals surface area contributed by atoms with Gasteiger partial charge in [-0.05, 0) is 49.6 Å². The Hall–Kier alpha value is -3.68. The molecule has 34 heavy (non-hydrogen) atoms.